The van der Waals surface area contributed by atoms with Gasteiger partial charge in [0.2, 0.25) is 0 Å². The Morgan fingerprint density at radius 3 is 1.47 bits per heavy atom. The molecule has 2 rings (SSSR count). The molecule has 2 N–H and O–H groups in total. The Hall–Kier alpha value is -2.06. The van der Waals surface area contributed by atoms with E-state index in [9.17, 15) is 9.59 Å². The zero-order valence-corrected chi connectivity index (χ0v) is 24.5. The van der Waals surface area contributed by atoms with Crippen LogP contribution in [-0.2, 0) is 0 Å². The maximum absolute atomic E-state index is 12.8. The molecule has 0 spiro atoms. The molecule has 198 valence electrons. The summed E-state index contributed by atoms with van der Waals surface area (Å²) in [6.07, 6.45) is 8.81. The molecule has 0 aliphatic heterocycles. The predicted octanol–water partition coefficient (Wildman–Crippen LogP) is 7.29. The van der Waals surface area contributed by atoms with Crippen molar-refractivity contribution in [2.24, 2.45) is 0 Å². The minimum absolute atomic E-state index is 0.243. The van der Waals surface area contributed by atoms with Crippen molar-refractivity contribution in [1.82, 2.24) is 10.6 Å². The molecular weight excluding hydrogens is 588 g/mol. The molecule has 36 heavy (non-hydrogen) atoms. The summed E-state index contributed by atoms with van der Waals surface area (Å²) < 4.78 is 13.3. The van der Waals surface area contributed by atoms with E-state index in [1.807, 2.05) is 12.1 Å². The van der Waals surface area contributed by atoms with Gasteiger partial charge in [0, 0.05) is 22.0 Å². The molecule has 0 aliphatic carbocycles. The lowest BCUT2D eigenvalue weighted by molar-refractivity contribution is 0.0923. The van der Waals surface area contributed by atoms with Crippen LogP contribution in [0.15, 0.2) is 45.3 Å². The highest BCUT2D eigenvalue weighted by molar-refractivity contribution is 9.10. The highest BCUT2D eigenvalue weighted by atomic mass is 79.9. The number of carbonyl (C=O) groups excluding carboxylic acids is 2. The van der Waals surface area contributed by atoms with Crippen LogP contribution >= 0.6 is 31.9 Å². The van der Waals surface area contributed by atoms with Crippen LogP contribution in [0.25, 0.3) is 0 Å². The molecule has 2 aromatic carbocycles. The number of ether oxygens (including phenoxy) is 2. The van der Waals surface area contributed by atoms with E-state index in [2.05, 4.69) is 56.3 Å². The molecule has 0 aromatic heterocycles. The maximum Gasteiger partial charge on any atom is 0.255 e. The first-order valence-electron chi connectivity index (χ1n) is 12.9. The lowest BCUT2D eigenvalue weighted by Gasteiger charge is -2.14. The van der Waals surface area contributed by atoms with Gasteiger partial charge in [0.1, 0.15) is 11.5 Å². The zero-order valence-electron chi connectivity index (χ0n) is 21.3. The number of nitrogens with one attached hydrogen (secondary N) is 2. The third kappa shape index (κ3) is 10.9. The van der Waals surface area contributed by atoms with E-state index in [1.54, 1.807) is 24.3 Å². The molecule has 0 aliphatic rings. The molecule has 0 fully saturated rings. The molecule has 0 saturated carbocycles. The summed E-state index contributed by atoms with van der Waals surface area (Å²) in [5.74, 6) is 0.637. The summed E-state index contributed by atoms with van der Waals surface area (Å²) in [5, 5.41) is 5.74. The van der Waals surface area contributed by atoms with Gasteiger partial charge < -0.3 is 20.1 Å². The molecule has 0 radical (unpaired) electrons. The fourth-order valence-corrected chi connectivity index (χ4v) is 4.30. The van der Waals surface area contributed by atoms with Crippen molar-refractivity contribution in [3.8, 4) is 11.5 Å². The Labute approximate surface area is 232 Å². The van der Waals surface area contributed by atoms with Crippen molar-refractivity contribution in [2.45, 2.75) is 65.2 Å². The van der Waals surface area contributed by atoms with Crippen molar-refractivity contribution in [2.75, 3.05) is 26.3 Å². The molecule has 6 nitrogen and oxygen atoms in total. The fraction of sp³-hybridized carbons (Fsp3) is 0.500. The number of halogens is 2. The lowest BCUT2D eigenvalue weighted by Crippen LogP contribution is -2.35. The monoisotopic (exact) mass is 624 g/mol. The number of rotatable bonds is 17. The van der Waals surface area contributed by atoms with E-state index in [1.165, 1.54) is 12.8 Å². The average molecular weight is 626 g/mol. The van der Waals surface area contributed by atoms with Gasteiger partial charge in [-0.1, -0.05) is 84.2 Å². The molecule has 2 amide bonds. The Balaban J connectivity index is 1.86. The third-order valence-corrected chi connectivity index (χ3v) is 6.57. The van der Waals surface area contributed by atoms with E-state index < -0.39 is 0 Å². The largest absolute Gasteiger partial charge is 0.493 e. The summed E-state index contributed by atoms with van der Waals surface area (Å²) >= 11 is 6.86. The smallest absolute Gasteiger partial charge is 0.255 e. The molecule has 0 unspecified atom stereocenters. The van der Waals surface area contributed by atoms with E-state index in [0.29, 0.717) is 35.8 Å². The lowest BCUT2D eigenvalue weighted by atomic mass is 10.1. The van der Waals surface area contributed by atoms with Crippen LogP contribution in [0.4, 0.5) is 0 Å². The highest BCUT2D eigenvalue weighted by Crippen LogP contribution is 2.25. The van der Waals surface area contributed by atoms with Gasteiger partial charge in [0.25, 0.3) is 11.8 Å². The van der Waals surface area contributed by atoms with Crippen molar-refractivity contribution in [1.29, 1.82) is 0 Å². The molecule has 0 bridgehead atoms. The molecule has 0 atom stereocenters. The van der Waals surface area contributed by atoms with Crippen LogP contribution in [0.5, 0.6) is 11.5 Å². The van der Waals surface area contributed by atoms with Crippen LogP contribution in [0.2, 0.25) is 0 Å². The number of carbonyl (C=O) groups is 2. The van der Waals surface area contributed by atoms with Crippen molar-refractivity contribution in [3.05, 3.63) is 56.5 Å². The SMILES string of the molecule is CCCCCCOc1ccc(Br)cc1C(=O)NCCNC(=O)c1cc(Br)ccc1OCCCCCC. The molecule has 0 heterocycles. The number of unbranched alkanes of at least 4 members (excludes halogenated alkanes) is 6. The van der Waals surface area contributed by atoms with Gasteiger partial charge >= 0.3 is 0 Å². The topological polar surface area (TPSA) is 76.7 Å². The van der Waals surface area contributed by atoms with Gasteiger partial charge in [0.15, 0.2) is 0 Å². The van der Waals surface area contributed by atoms with Crippen LogP contribution in [0.3, 0.4) is 0 Å². The van der Waals surface area contributed by atoms with Gasteiger partial charge in [-0.15, -0.1) is 0 Å². The second-order valence-electron chi connectivity index (χ2n) is 8.61. The van der Waals surface area contributed by atoms with Gasteiger partial charge in [-0.25, -0.2) is 0 Å². The number of hydrogen-bond donors (Lipinski definition) is 2. The predicted molar refractivity (Wildman–Crippen MR) is 152 cm³/mol. The number of benzene rings is 2. The normalized spacial score (nSPS) is 10.7. The van der Waals surface area contributed by atoms with Crippen LogP contribution in [0.1, 0.15) is 85.9 Å². The van der Waals surface area contributed by atoms with E-state index in [4.69, 9.17) is 9.47 Å². The summed E-state index contributed by atoms with van der Waals surface area (Å²) in [6, 6.07) is 10.8. The minimum Gasteiger partial charge on any atom is -0.493 e. The fourth-order valence-electron chi connectivity index (χ4n) is 3.58. The Morgan fingerprint density at radius 1 is 0.667 bits per heavy atom. The van der Waals surface area contributed by atoms with E-state index in [-0.39, 0.29) is 24.9 Å². The van der Waals surface area contributed by atoms with E-state index >= 15 is 0 Å². The first-order valence-corrected chi connectivity index (χ1v) is 14.5. The van der Waals surface area contributed by atoms with Gasteiger partial charge in [-0.3, -0.25) is 9.59 Å². The average Bonchev–Trinajstić information content (AvgIpc) is 2.87. The van der Waals surface area contributed by atoms with Crippen LogP contribution < -0.4 is 20.1 Å². The summed E-state index contributed by atoms with van der Waals surface area (Å²) in [6.45, 7) is 6.06. The minimum atomic E-state index is -0.243. The molecular formula is C28H38Br2N2O4. The molecule has 8 heteroatoms. The van der Waals surface area contributed by atoms with Crippen molar-refractivity contribution >= 4 is 43.7 Å². The van der Waals surface area contributed by atoms with Gasteiger partial charge in [0.05, 0.1) is 24.3 Å². The Kier molecular flexibility index (Phi) is 14.6. The summed E-state index contributed by atoms with van der Waals surface area (Å²) in [5.41, 5.74) is 0.939. The second-order valence-corrected chi connectivity index (χ2v) is 10.4. The second kappa shape index (κ2) is 17.4. The standard InChI is InChI=1S/C28H38Br2N2O4/c1-3-5-7-9-17-35-25-13-11-21(29)19-23(25)27(33)31-15-16-32-28(34)24-20-22(30)12-14-26(24)36-18-10-8-6-4-2/h11-14,19-20H,3-10,15-18H2,1-2H3,(H,31,33)(H,32,34). The first kappa shape index (κ1) is 30.2. The van der Waals surface area contributed by atoms with Gasteiger partial charge in [-0.05, 0) is 49.2 Å². The van der Waals surface area contributed by atoms with Crippen molar-refractivity contribution < 1.29 is 19.1 Å². The quantitative estimate of drug-likeness (QED) is 0.181. The number of hydrogen-bond acceptors (Lipinski definition) is 4. The Morgan fingerprint density at radius 2 is 1.08 bits per heavy atom. The summed E-state index contributed by atoms with van der Waals surface area (Å²) in [7, 11) is 0. The number of amides is 2. The summed E-state index contributed by atoms with van der Waals surface area (Å²) in [4.78, 5) is 25.6. The maximum atomic E-state index is 12.8. The van der Waals surface area contributed by atoms with E-state index in [0.717, 1.165) is 47.5 Å². The Bertz CT molecular complexity index is 891. The van der Waals surface area contributed by atoms with Gasteiger partial charge in [-0.2, -0.15) is 0 Å². The highest BCUT2D eigenvalue weighted by Gasteiger charge is 2.15. The van der Waals surface area contributed by atoms with Crippen LogP contribution in [0, 0.1) is 0 Å². The van der Waals surface area contributed by atoms with Crippen molar-refractivity contribution in [3.63, 3.8) is 0 Å². The van der Waals surface area contributed by atoms with Crippen LogP contribution in [-0.4, -0.2) is 38.1 Å². The zero-order chi connectivity index (χ0) is 26.2. The molecule has 0 saturated heterocycles. The third-order valence-electron chi connectivity index (χ3n) is 5.58. The first-order chi connectivity index (χ1) is 17.5. The molecule has 2 aromatic rings.